The Bertz CT molecular complexity index is 763. The summed E-state index contributed by atoms with van der Waals surface area (Å²) in [6.45, 7) is 3.94. The van der Waals surface area contributed by atoms with Crippen LogP contribution in [-0.2, 0) is 20.6 Å². The standard InChI is InChI=1S/C12H17N5O2/c1-6-7-17-9-8(10(18)16(5)12(17)19)15(4)11(13-9)14(2)3/h6H,1,7H2,2-5H3. The topological polar surface area (TPSA) is 65.1 Å². The van der Waals surface area contributed by atoms with Crippen LogP contribution in [0.5, 0.6) is 0 Å². The molecule has 102 valence electrons. The molecule has 0 saturated heterocycles. The van der Waals surface area contributed by atoms with E-state index in [1.807, 2.05) is 14.1 Å². The van der Waals surface area contributed by atoms with Crippen molar-refractivity contribution in [1.82, 2.24) is 18.7 Å². The van der Waals surface area contributed by atoms with E-state index in [0.29, 0.717) is 23.7 Å². The summed E-state index contributed by atoms with van der Waals surface area (Å²) in [5, 5.41) is 0. The lowest BCUT2D eigenvalue weighted by Gasteiger charge is -2.10. The third-order valence-electron chi connectivity index (χ3n) is 3.05. The molecular formula is C12H17N5O2. The lowest BCUT2D eigenvalue weighted by Crippen LogP contribution is -2.38. The first-order chi connectivity index (χ1) is 8.90. The number of fused-ring (bicyclic) bond motifs is 1. The molecule has 2 rings (SSSR count). The summed E-state index contributed by atoms with van der Waals surface area (Å²) < 4.78 is 4.22. The van der Waals surface area contributed by atoms with Crippen molar-refractivity contribution < 1.29 is 0 Å². The van der Waals surface area contributed by atoms with Gasteiger partial charge in [0.2, 0.25) is 5.95 Å². The van der Waals surface area contributed by atoms with Gasteiger partial charge in [0.1, 0.15) is 0 Å². The minimum absolute atomic E-state index is 0.313. The van der Waals surface area contributed by atoms with Gasteiger partial charge in [-0.2, -0.15) is 4.98 Å². The number of allylic oxidation sites excluding steroid dienone is 1. The van der Waals surface area contributed by atoms with Crippen LogP contribution in [0.2, 0.25) is 0 Å². The Kier molecular flexibility index (Phi) is 3.05. The maximum atomic E-state index is 12.2. The normalized spacial score (nSPS) is 10.9. The molecule has 0 bridgehead atoms. The van der Waals surface area contributed by atoms with Gasteiger partial charge in [-0.05, 0) is 0 Å². The number of imidazole rings is 1. The number of hydrogen-bond acceptors (Lipinski definition) is 4. The summed E-state index contributed by atoms with van der Waals surface area (Å²) in [7, 11) is 6.89. The Morgan fingerprint density at radius 2 is 1.89 bits per heavy atom. The molecule has 0 radical (unpaired) electrons. The van der Waals surface area contributed by atoms with Gasteiger partial charge in [-0.3, -0.25) is 13.9 Å². The highest BCUT2D eigenvalue weighted by molar-refractivity contribution is 5.74. The number of nitrogens with zero attached hydrogens (tertiary/aromatic N) is 5. The second kappa shape index (κ2) is 4.42. The van der Waals surface area contributed by atoms with Crippen LogP contribution in [0.1, 0.15) is 0 Å². The van der Waals surface area contributed by atoms with E-state index in [1.54, 1.807) is 22.6 Å². The first-order valence-electron chi connectivity index (χ1n) is 5.84. The SMILES string of the molecule is C=CCn1c(=O)n(C)c(=O)c2c1nc(N(C)C)n2C. The van der Waals surface area contributed by atoms with Gasteiger partial charge in [-0.25, -0.2) is 4.79 Å². The van der Waals surface area contributed by atoms with Crippen molar-refractivity contribution in [3.63, 3.8) is 0 Å². The summed E-state index contributed by atoms with van der Waals surface area (Å²) in [5.74, 6) is 0.621. The molecule has 2 aromatic heterocycles. The van der Waals surface area contributed by atoms with Crippen molar-refractivity contribution in [2.24, 2.45) is 14.1 Å². The lowest BCUT2D eigenvalue weighted by molar-refractivity contribution is 0.675. The largest absolute Gasteiger partial charge is 0.348 e. The van der Waals surface area contributed by atoms with Crippen molar-refractivity contribution >= 4 is 17.1 Å². The number of rotatable bonds is 3. The van der Waals surface area contributed by atoms with E-state index in [0.717, 1.165) is 4.57 Å². The van der Waals surface area contributed by atoms with E-state index >= 15 is 0 Å². The Hall–Kier alpha value is -2.31. The molecule has 0 aliphatic heterocycles. The minimum atomic E-state index is -0.388. The number of aryl methyl sites for hydroxylation is 1. The molecule has 0 saturated carbocycles. The van der Waals surface area contributed by atoms with Crippen LogP contribution in [0.4, 0.5) is 5.95 Å². The minimum Gasteiger partial charge on any atom is -0.348 e. The number of anilines is 1. The zero-order valence-electron chi connectivity index (χ0n) is 11.5. The van der Waals surface area contributed by atoms with Crippen LogP contribution in [0.25, 0.3) is 11.2 Å². The molecule has 0 N–H and O–H groups in total. The molecule has 0 aliphatic carbocycles. The summed E-state index contributed by atoms with van der Waals surface area (Å²) in [5.41, 5.74) is 0.0658. The van der Waals surface area contributed by atoms with Crippen LogP contribution in [0, 0.1) is 0 Å². The van der Waals surface area contributed by atoms with Gasteiger partial charge in [0.15, 0.2) is 11.2 Å². The summed E-state index contributed by atoms with van der Waals surface area (Å²) in [6, 6.07) is 0. The van der Waals surface area contributed by atoms with Gasteiger partial charge in [-0.1, -0.05) is 6.08 Å². The first-order valence-corrected chi connectivity index (χ1v) is 5.84. The van der Waals surface area contributed by atoms with Crippen molar-refractivity contribution in [3.8, 4) is 0 Å². The van der Waals surface area contributed by atoms with Crippen LogP contribution < -0.4 is 16.1 Å². The van der Waals surface area contributed by atoms with Gasteiger partial charge >= 0.3 is 5.69 Å². The van der Waals surface area contributed by atoms with E-state index in [-0.39, 0.29) is 11.2 Å². The second-order valence-corrected chi connectivity index (χ2v) is 4.58. The average molecular weight is 263 g/mol. The van der Waals surface area contributed by atoms with Gasteiger partial charge in [0.05, 0.1) is 0 Å². The molecule has 0 amide bonds. The van der Waals surface area contributed by atoms with E-state index in [4.69, 9.17) is 0 Å². The van der Waals surface area contributed by atoms with Crippen molar-refractivity contribution in [1.29, 1.82) is 0 Å². The van der Waals surface area contributed by atoms with Crippen molar-refractivity contribution in [2.45, 2.75) is 6.54 Å². The summed E-state index contributed by atoms with van der Waals surface area (Å²) in [4.78, 5) is 30.5. The number of hydrogen-bond donors (Lipinski definition) is 0. The van der Waals surface area contributed by atoms with Gasteiger partial charge in [0, 0.05) is 34.7 Å². The fourth-order valence-corrected chi connectivity index (χ4v) is 2.11. The van der Waals surface area contributed by atoms with Crippen molar-refractivity contribution in [2.75, 3.05) is 19.0 Å². The molecule has 0 spiro atoms. The zero-order valence-corrected chi connectivity index (χ0v) is 11.5. The molecule has 7 nitrogen and oxygen atoms in total. The van der Waals surface area contributed by atoms with E-state index < -0.39 is 0 Å². The quantitative estimate of drug-likeness (QED) is 0.712. The van der Waals surface area contributed by atoms with Crippen LogP contribution >= 0.6 is 0 Å². The summed E-state index contributed by atoms with van der Waals surface area (Å²) >= 11 is 0. The summed E-state index contributed by atoms with van der Waals surface area (Å²) in [6.07, 6.45) is 1.61. The van der Waals surface area contributed by atoms with E-state index in [9.17, 15) is 9.59 Å². The Labute approximate surface area is 110 Å². The molecule has 0 aromatic carbocycles. The van der Waals surface area contributed by atoms with E-state index in [1.165, 1.54) is 11.6 Å². The van der Waals surface area contributed by atoms with Crippen molar-refractivity contribution in [3.05, 3.63) is 33.5 Å². The van der Waals surface area contributed by atoms with Crippen LogP contribution in [0.3, 0.4) is 0 Å². The van der Waals surface area contributed by atoms with Gasteiger partial charge in [-0.15, -0.1) is 6.58 Å². The molecule has 19 heavy (non-hydrogen) atoms. The second-order valence-electron chi connectivity index (χ2n) is 4.58. The van der Waals surface area contributed by atoms with Crippen LogP contribution in [-0.4, -0.2) is 32.8 Å². The molecule has 0 aliphatic rings. The highest BCUT2D eigenvalue weighted by Crippen LogP contribution is 2.15. The predicted octanol–water partition coefficient (Wildman–Crippen LogP) is -0.314. The maximum Gasteiger partial charge on any atom is 0.332 e. The molecular weight excluding hydrogens is 246 g/mol. The molecule has 2 aromatic rings. The first kappa shape index (κ1) is 13.1. The highest BCUT2D eigenvalue weighted by Gasteiger charge is 2.18. The smallest absolute Gasteiger partial charge is 0.332 e. The fourth-order valence-electron chi connectivity index (χ4n) is 2.11. The molecule has 2 heterocycles. The van der Waals surface area contributed by atoms with Gasteiger partial charge < -0.3 is 9.47 Å². The lowest BCUT2D eigenvalue weighted by atomic mass is 10.5. The third-order valence-corrected chi connectivity index (χ3v) is 3.05. The average Bonchev–Trinajstić information content (AvgIpc) is 2.70. The Morgan fingerprint density at radius 1 is 1.26 bits per heavy atom. The Morgan fingerprint density at radius 3 is 2.42 bits per heavy atom. The Balaban J connectivity index is 3.03. The monoisotopic (exact) mass is 263 g/mol. The number of aromatic nitrogens is 4. The third kappa shape index (κ3) is 1.78. The van der Waals surface area contributed by atoms with E-state index in [2.05, 4.69) is 11.6 Å². The van der Waals surface area contributed by atoms with Crippen LogP contribution in [0.15, 0.2) is 22.2 Å². The van der Waals surface area contributed by atoms with Gasteiger partial charge in [0.25, 0.3) is 5.56 Å². The fraction of sp³-hybridized carbons (Fsp3) is 0.417. The maximum absolute atomic E-state index is 12.2. The molecule has 0 unspecified atom stereocenters. The molecule has 0 fully saturated rings. The zero-order chi connectivity index (χ0) is 14.3. The highest BCUT2D eigenvalue weighted by atomic mass is 16.2. The predicted molar refractivity (Wildman–Crippen MR) is 74.7 cm³/mol. The molecule has 7 heteroatoms. The molecule has 0 atom stereocenters.